The third kappa shape index (κ3) is 8.18. The van der Waals surface area contributed by atoms with Gasteiger partial charge in [0, 0.05) is 17.0 Å². The summed E-state index contributed by atoms with van der Waals surface area (Å²) in [7, 11) is 0. The number of thioether (sulfide) groups is 2. The van der Waals surface area contributed by atoms with E-state index in [0.717, 1.165) is 36.2 Å². The van der Waals surface area contributed by atoms with Gasteiger partial charge in [0.1, 0.15) is 12.5 Å². The van der Waals surface area contributed by atoms with Gasteiger partial charge in [-0.3, -0.25) is 9.59 Å². The average molecular weight is 497 g/mol. The van der Waals surface area contributed by atoms with Crippen molar-refractivity contribution in [2.75, 3.05) is 23.0 Å². The van der Waals surface area contributed by atoms with Crippen molar-refractivity contribution in [3.63, 3.8) is 0 Å². The first-order chi connectivity index (χ1) is 15.4. The molecule has 2 aromatic heterocycles. The maximum absolute atomic E-state index is 12.7. The zero-order valence-electron chi connectivity index (χ0n) is 20.2. The lowest BCUT2D eigenvalue weighted by Gasteiger charge is -2.34. The van der Waals surface area contributed by atoms with Gasteiger partial charge in [0.25, 0.3) is 0 Å². The molecule has 0 amide bonds. The molecule has 2 N–H and O–H groups in total. The topological polar surface area (TPSA) is 101 Å². The van der Waals surface area contributed by atoms with Crippen LogP contribution in [0.4, 0.5) is 0 Å². The Hall–Kier alpha value is -1.80. The van der Waals surface area contributed by atoms with Gasteiger partial charge in [0.2, 0.25) is 10.9 Å². The number of hydrogen-bond acceptors (Lipinski definition) is 8. The molecule has 8 heteroatoms. The first kappa shape index (κ1) is 27.4. The Bertz CT molecular complexity index is 943. The summed E-state index contributed by atoms with van der Waals surface area (Å²) in [4.78, 5) is 25.4. The van der Waals surface area contributed by atoms with E-state index >= 15 is 0 Å². The van der Waals surface area contributed by atoms with Crippen molar-refractivity contribution in [2.24, 2.45) is 10.8 Å². The zero-order valence-corrected chi connectivity index (χ0v) is 21.8. The molecule has 2 heterocycles. The van der Waals surface area contributed by atoms with Crippen molar-refractivity contribution in [3.8, 4) is 11.5 Å². The SMILES string of the molecule is CC(C)(C)CCSCCCSCCC(C)(C)C(c1cocc(O)c1=O)c1cocc(O)c1=O. The minimum atomic E-state index is -0.710. The van der Waals surface area contributed by atoms with Crippen molar-refractivity contribution in [1.82, 2.24) is 0 Å². The second kappa shape index (κ2) is 12.1. The van der Waals surface area contributed by atoms with Crippen LogP contribution in [0.1, 0.15) is 70.9 Å². The third-order valence-electron chi connectivity index (χ3n) is 5.61. The van der Waals surface area contributed by atoms with Crippen LogP contribution in [0.25, 0.3) is 0 Å². The average Bonchev–Trinajstić information content (AvgIpc) is 2.72. The van der Waals surface area contributed by atoms with Crippen LogP contribution in [-0.4, -0.2) is 33.2 Å². The fourth-order valence-corrected chi connectivity index (χ4v) is 6.30. The van der Waals surface area contributed by atoms with Crippen LogP contribution in [0.3, 0.4) is 0 Å². The van der Waals surface area contributed by atoms with Gasteiger partial charge in [0.15, 0.2) is 11.5 Å². The predicted molar refractivity (Wildman–Crippen MR) is 137 cm³/mol. The lowest BCUT2D eigenvalue weighted by atomic mass is 9.70. The largest absolute Gasteiger partial charge is 0.502 e. The number of rotatable bonds is 12. The Labute approximate surface area is 204 Å². The molecule has 6 nitrogen and oxygen atoms in total. The van der Waals surface area contributed by atoms with Crippen LogP contribution in [0.15, 0.2) is 43.5 Å². The van der Waals surface area contributed by atoms with E-state index in [9.17, 15) is 19.8 Å². The minimum absolute atomic E-state index is 0.165. The van der Waals surface area contributed by atoms with Gasteiger partial charge in [-0.25, -0.2) is 0 Å². The molecule has 0 bridgehead atoms. The van der Waals surface area contributed by atoms with Crippen LogP contribution in [0, 0.1) is 10.8 Å². The summed E-state index contributed by atoms with van der Waals surface area (Å²) in [6.07, 6.45) is 7.53. The maximum Gasteiger partial charge on any atom is 0.230 e. The molecular formula is C25H36O6S2. The predicted octanol–water partition coefficient (Wildman–Crippen LogP) is 5.85. The summed E-state index contributed by atoms with van der Waals surface area (Å²) < 4.78 is 10.3. The van der Waals surface area contributed by atoms with Gasteiger partial charge in [-0.1, -0.05) is 34.6 Å². The second-order valence-corrected chi connectivity index (χ2v) is 12.6. The highest BCUT2D eigenvalue weighted by Crippen LogP contribution is 2.42. The van der Waals surface area contributed by atoms with Crippen molar-refractivity contribution in [3.05, 3.63) is 56.6 Å². The molecule has 2 aromatic rings. The van der Waals surface area contributed by atoms with Gasteiger partial charge in [0.05, 0.1) is 12.5 Å². The highest BCUT2D eigenvalue weighted by atomic mass is 32.2. The zero-order chi connectivity index (χ0) is 24.6. The molecule has 0 aromatic carbocycles. The smallest absolute Gasteiger partial charge is 0.230 e. The van der Waals surface area contributed by atoms with Gasteiger partial charge >= 0.3 is 0 Å². The van der Waals surface area contributed by atoms with Gasteiger partial charge < -0.3 is 19.0 Å². The summed E-state index contributed by atoms with van der Waals surface area (Å²) in [6, 6.07) is 0. The molecular weight excluding hydrogens is 460 g/mol. The molecule has 0 atom stereocenters. The monoisotopic (exact) mass is 496 g/mol. The van der Waals surface area contributed by atoms with Crippen molar-refractivity contribution in [2.45, 2.75) is 59.8 Å². The second-order valence-electron chi connectivity index (χ2n) is 10.1. The van der Waals surface area contributed by atoms with E-state index in [4.69, 9.17) is 8.83 Å². The van der Waals surface area contributed by atoms with Gasteiger partial charge in [-0.2, -0.15) is 23.5 Å². The van der Waals surface area contributed by atoms with E-state index in [1.54, 1.807) is 0 Å². The molecule has 0 radical (unpaired) electrons. The van der Waals surface area contributed by atoms with Crippen LogP contribution in [0.5, 0.6) is 11.5 Å². The molecule has 184 valence electrons. The summed E-state index contributed by atoms with van der Waals surface area (Å²) in [5.74, 6) is 2.48. The molecule has 0 aliphatic rings. The molecule has 0 saturated carbocycles. The summed E-state index contributed by atoms with van der Waals surface area (Å²) in [6.45, 7) is 10.7. The van der Waals surface area contributed by atoms with E-state index in [0.29, 0.717) is 11.8 Å². The minimum Gasteiger partial charge on any atom is -0.502 e. The molecule has 0 unspecified atom stereocenters. The first-order valence-corrected chi connectivity index (χ1v) is 13.5. The van der Waals surface area contributed by atoms with Crippen LogP contribution in [0.2, 0.25) is 0 Å². The molecule has 0 aliphatic heterocycles. The number of aromatic hydroxyl groups is 2. The Kier molecular flexibility index (Phi) is 10.0. The Morgan fingerprint density at radius 1 is 0.758 bits per heavy atom. The standard InChI is InChI=1S/C25H36O6S2/c1-24(2,3)7-11-32-9-6-10-33-12-8-25(4,5)21(17-13-30-15-19(26)22(17)28)18-14-31-16-20(27)23(18)29/h13-16,21,26-27H,6-12H2,1-5H3. The number of hydrogen-bond donors (Lipinski definition) is 2. The quantitative estimate of drug-likeness (QED) is 0.353. The molecule has 0 saturated heterocycles. The third-order valence-corrected chi connectivity index (χ3v) is 7.75. The fourth-order valence-electron chi connectivity index (χ4n) is 3.59. The van der Waals surface area contributed by atoms with E-state index in [1.165, 1.54) is 24.7 Å². The van der Waals surface area contributed by atoms with E-state index < -0.39 is 33.7 Å². The van der Waals surface area contributed by atoms with Crippen LogP contribution >= 0.6 is 23.5 Å². The van der Waals surface area contributed by atoms with Crippen molar-refractivity contribution < 1.29 is 19.0 Å². The molecule has 33 heavy (non-hydrogen) atoms. The Morgan fingerprint density at radius 3 is 1.67 bits per heavy atom. The van der Waals surface area contributed by atoms with E-state index in [-0.39, 0.29) is 11.1 Å². The molecule has 2 rings (SSSR count). The lowest BCUT2D eigenvalue weighted by molar-refractivity contribution is 0.293. The van der Waals surface area contributed by atoms with Crippen molar-refractivity contribution in [1.29, 1.82) is 0 Å². The van der Waals surface area contributed by atoms with Gasteiger partial charge in [-0.05, 0) is 53.1 Å². The van der Waals surface area contributed by atoms with E-state index in [2.05, 4.69) is 20.8 Å². The molecule has 0 aliphatic carbocycles. The van der Waals surface area contributed by atoms with Crippen LogP contribution < -0.4 is 10.9 Å². The Morgan fingerprint density at radius 2 is 1.21 bits per heavy atom. The fraction of sp³-hybridized carbons (Fsp3) is 0.600. The van der Waals surface area contributed by atoms with Gasteiger partial charge in [-0.15, -0.1) is 0 Å². The summed E-state index contributed by atoms with van der Waals surface area (Å²) >= 11 is 3.85. The molecule has 0 fully saturated rings. The molecule has 0 spiro atoms. The maximum atomic E-state index is 12.7. The first-order valence-electron chi connectivity index (χ1n) is 11.2. The lowest BCUT2D eigenvalue weighted by Crippen LogP contribution is -2.31. The Balaban J connectivity index is 2.05. The van der Waals surface area contributed by atoms with Crippen molar-refractivity contribution >= 4 is 23.5 Å². The highest BCUT2D eigenvalue weighted by molar-refractivity contribution is 8.00. The summed E-state index contributed by atoms with van der Waals surface area (Å²) in [5.41, 5.74) is -1.02. The normalized spacial score (nSPS) is 12.4. The highest BCUT2D eigenvalue weighted by Gasteiger charge is 2.37. The summed E-state index contributed by atoms with van der Waals surface area (Å²) in [5, 5.41) is 19.8. The van der Waals surface area contributed by atoms with E-state index in [1.807, 2.05) is 37.4 Å². The van der Waals surface area contributed by atoms with Crippen LogP contribution in [-0.2, 0) is 0 Å².